The van der Waals surface area contributed by atoms with Gasteiger partial charge in [-0.2, -0.15) is 5.10 Å². The average molecular weight is 237 g/mol. The molecule has 2 rings (SSSR count). The van der Waals surface area contributed by atoms with E-state index in [9.17, 15) is 0 Å². The smallest absolute Gasteiger partial charge is 0.157 e. The number of hydrogen-bond acceptors (Lipinski definition) is 3. The molecule has 1 aliphatic carbocycles. The largest absolute Gasteiger partial charge is 0.490 e. The van der Waals surface area contributed by atoms with Crippen LogP contribution in [0.1, 0.15) is 45.6 Å². The van der Waals surface area contributed by atoms with Crippen molar-refractivity contribution in [2.24, 2.45) is 11.7 Å². The fourth-order valence-corrected chi connectivity index (χ4v) is 2.47. The maximum atomic E-state index is 6.18. The van der Waals surface area contributed by atoms with Crippen LogP contribution in [0.4, 0.5) is 0 Å². The lowest BCUT2D eigenvalue weighted by molar-refractivity contribution is 0.232. The molecule has 1 fully saturated rings. The Morgan fingerprint density at radius 2 is 2.35 bits per heavy atom. The number of ether oxygens (including phenoxy) is 1. The van der Waals surface area contributed by atoms with E-state index in [0.717, 1.165) is 37.5 Å². The fourth-order valence-electron chi connectivity index (χ4n) is 2.47. The van der Waals surface area contributed by atoms with Crippen LogP contribution in [-0.4, -0.2) is 22.4 Å². The SMILES string of the molecule is CCCOc1cnn(C2CC(C)CCC2N)c1. The van der Waals surface area contributed by atoms with E-state index in [0.29, 0.717) is 6.04 Å². The number of rotatable bonds is 4. The number of nitrogens with two attached hydrogens (primary N) is 1. The summed E-state index contributed by atoms with van der Waals surface area (Å²) in [4.78, 5) is 0. The van der Waals surface area contributed by atoms with E-state index >= 15 is 0 Å². The topological polar surface area (TPSA) is 53.1 Å². The van der Waals surface area contributed by atoms with E-state index in [1.54, 1.807) is 6.20 Å². The average Bonchev–Trinajstić information content (AvgIpc) is 2.78. The second-order valence-electron chi connectivity index (χ2n) is 5.15. The van der Waals surface area contributed by atoms with Crippen molar-refractivity contribution in [2.45, 2.75) is 51.6 Å². The van der Waals surface area contributed by atoms with Gasteiger partial charge in [-0.25, -0.2) is 0 Å². The van der Waals surface area contributed by atoms with Gasteiger partial charge in [0.1, 0.15) is 0 Å². The summed E-state index contributed by atoms with van der Waals surface area (Å²) in [5.74, 6) is 1.60. The summed E-state index contributed by atoms with van der Waals surface area (Å²) < 4.78 is 7.56. The molecule has 4 nitrogen and oxygen atoms in total. The van der Waals surface area contributed by atoms with Crippen LogP contribution in [-0.2, 0) is 0 Å². The summed E-state index contributed by atoms with van der Waals surface area (Å²) in [5, 5.41) is 4.39. The molecule has 0 saturated heterocycles. The van der Waals surface area contributed by atoms with E-state index < -0.39 is 0 Å². The minimum atomic E-state index is 0.227. The molecular weight excluding hydrogens is 214 g/mol. The van der Waals surface area contributed by atoms with Crippen molar-refractivity contribution in [3.8, 4) is 5.75 Å². The van der Waals surface area contributed by atoms with Gasteiger partial charge >= 0.3 is 0 Å². The van der Waals surface area contributed by atoms with Crippen molar-refractivity contribution in [1.29, 1.82) is 0 Å². The molecule has 4 heteroatoms. The van der Waals surface area contributed by atoms with Crippen LogP contribution < -0.4 is 10.5 Å². The van der Waals surface area contributed by atoms with Gasteiger partial charge in [0.15, 0.2) is 5.75 Å². The van der Waals surface area contributed by atoms with Gasteiger partial charge in [0.25, 0.3) is 0 Å². The van der Waals surface area contributed by atoms with Gasteiger partial charge in [-0.15, -0.1) is 0 Å². The zero-order valence-electron chi connectivity index (χ0n) is 10.8. The van der Waals surface area contributed by atoms with Crippen LogP contribution in [0, 0.1) is 5.92 Å². The zero-order valence-corrected chi connectivity index (χ0v) is 10.8. The molecule has 17 heavy (non-hydrogen) atoms. The minimum Gasteiger partial charge on any atom is -0.490 e. The Hall–Kier alpha value is -1.03. The van der Waals surface area contributed by atoms with Crippen LogP contribution in [0.2, 0.25) is 0 Å². The predicted octanol–water partition coefficient (Wildman–Crippen LogP) is 2.36. The molecule has 2 N–H and O–H groups in total. The first-order chi connectivity index (χ1) is 8.20. The van der Waals surface area contributed by atoms with E-state index in [4.69, 9.17) is 10.5 Å². The summed E-state index contributed by atoms with van der Waals surface area (Å²) in [7, 11) is 0. The zero-order chi connectivity index (χ0) is 12.3. The first kappa shape index (κ1) is 12.4. The van der Waals surface area contributed by atoms with Crippen LogP contribution >= 0.6 is 0 Å². The Morgan fingerprint density at radius 3 is 3.12 bits per heavy atom. The van der Waals surface area contributed by atoms with Crippen LogP contribution in [0.3, 0.4) is 0 Å². The van der Waals surface area contributed by atoms with E-state index in [1.807, 2.05) is 10.9 Å². The molecule has 0 spiro atoms. The molecule has 1 aliphatic rings. The summed E-state index contributed by atoms with van der Waals surface area (Å²) in [5.41, 5.74) is 6.18. The summed E-state index contributed by atoms with van der Waals surface area (Å²) >= 11 is 0. The highest BCUT2D eigenvalue weighted by Gasteiger charge is 2.27. The van der Waals surface area contributed by atoms with Gasteiger partial charge in [-0.1, -0.05) is 13.8 Å². The Balaban J connectivity index is 2.02. The lowest BCUT2D eigenvalue weighted by atomic mass is 9.84. The Bertz CT molecular complexity index is 350. The molecule has 0 aromatic carbocycles. The first-order valence-electron chi connectivity index (χ1n) is 6.63. The lowest BCUT2D eigenvalue weighted by Crippen LogP contribution is -2.37. The molecule has 0 radical (unpaired) electrons. The summed E-state index contributed by atoms with van der Waals surface area (Å²) in [6, 6.07) is 0.558. The molecule has 0 bridgehead atoms. The normalized spacial score (nSPS) is 29.2. The molecule has 0 aliphatic heterocycles. The third-order valence-electron chi connectivity index (χ3n) is 3.52. The second kappa shape index (κ2) is 5.54. The van der Waals surface area contributed by atoms with Crippen LogP contribution in [0.25, 0.3) is 0 Å². The van der Waals surface area contributed by atoms with Gasteiger partial charge in [-0.3, -0.25) is 4.68 Å². The van der Waals surface area contributed by atoms with Crippen molar-refractivity contribution >= 4 is 0 Å². The van der Waals surface area contributed by atoms with Crippen molar-refractivity contribution in [3.05, 3.63) is 12.4 Å². The van der Waals surface area contributed by atoms with Gasteiger partial charge in [0.2, 0.25) is 0 Å². The fraction of sp³-hybridized carbons (Fsp3) is 0.769. The highest BCUT2D eigenvalue weighted by atomic mass is 16.5. The van der Waals surface area contributed by atoms with Gasteiger partial charge in [-0.05, 0) is 31.6 Å². The highest BCUT2D eigenvalue weighted by molar-refractivity contribution is 5.12. The van der Waals surface area contributed by atoms with E-state index in [1.165, 1.54) is 6.42 Å². The van der Waals surface area contributed by atoms with Crippen LogP contribution in [0.15, 0.2) is 12.4 Å². The first-order valence-corrected chi connectivity index (χ1v) is 6.63. The molecule has 1 aromatic rings. The number of hydrogen-bond donors (Lipinski definition) is 1. The van der Waals surface area contributed by atoms with Gasteiger partial charge < -0.3 is 10.5 Å². The minimum absolute atomic E-state index is 0.227. The van der Waals surface area contributed by atoms with E-state index in [2.05, 4.69) is 18.9 Å². The molecule has 1 heterocycles. The number of nitrogens with zero attached hydrogens (tertiary/aromatic N) is 2. The molecule has 3 atom stereocenters. The third-order valence-corrected chi connectivity index (χ3v) is 3.52. The van der Waals surface area contributed by atoms with Gasteiger partial charge in [0.05, 0.1) is 25.0 Å². The molecule has 3 unspecified atom stereocenters. The van der Waals surface area contributed by atoms with Crippen LogP contribution in [0.5, 0.6) is 5.75 Å². The Labute approximate surface area is 103 Å². The van der Waals surface area contributed by atoms with Crippen molar-refractivity contribution in [3.63, 3.8) is 0 Å². The molecule has 1 saturated carbocycles. The summed E-state index contributed by atoms with van der Waals surface area (Å²) in [6.07, 6.45) is 8.25. The third kappa shape index (κ3) is 3.00. The predicted molar refractivity (Wildman–Crippen MR) is 68.0 cm³/mol. The quantitative estimate of drug-likeness (QED) is 0.874. The lowest BCUT2D eigenvalue weighted by Gasteiger charge is -2.32. The highest BCUT2D eigenvalue weighted by Crippen LogP contribution is 2.31. The second-order valence-corrected chi connectivity index (χ2v) is 5.15. The molecular formula is C13H23N3O. The monoisotopic (exact) mass is 237 g/mol. The van der Waals surface area contributed by atoms with Crippen molar-refractivity contribution < 1.29 is 4.74 Å². The van der Waals surface area contributed by atoms with Gasteiger partial charge in [0, 0.05) is 6.04 Å². The molecule has 0 amide bonds. The van der Waals surface area contributed by atoms with Crippen molar-refractivity contribution in [2.75, 3.05) is 6.61 Å². The summed E-state index contributed by atoms with van der Waals surface area (Å²) in [6.45, 7) is 5.14. The standard InChI is InChI=1S/C13H23N3O/c1-3-6-17-11-8-15-16(9-11)13-7-10(2)4-5-12(13)14/h8-10,12-13H,3-7,14H2,1-2H3. The number of aromatic nitrogens is 2. The Morgan fingerprint density at radius 1 is 1.53 bits per heavy atom. The maximum absolute atomic E-state index is 6.18. The molecule has 1 aromatic heterocycles. The van der Waals surface area contributed by atoms with Crippen molar-refractivity contribution in [1.82, 2.24) is 9.78 Å². The molecule has 96 valence electrons. The maximum Gasteiger partial charge on any atom is 0.157 e. The Kier molecular flexibility index (Phi) is 4.05. The van der Waals surface area contributed by atoms with E-state index in [-0.39, 0.29) is 6.04 Å².